The average molecular weight is 273 g/mol. The molecule has 2 atom stereocenters. The number of hydrogen-bond donors (Lipinski definition) is 1. The number of hydrogen-bond acceptors (Lipinski definition) is 3. The molecule has 1 spiro atoms. The van der Waals surface area contributed by atoms with Crippen molar-refractivity contribution in [1.29, 1.82) is 0 Å². The molecule has 2 saturated heterocycles. The Morgan fingerprint density at radius 1 is 1.50 bits per heavy atom. The minimum atomic E-state index is -0.382. The molecule has 0 aliphatic carbocycles. The number of carbonyl (C=O) groups excluding carboxylic acids is 2. The van der Waals surface area contributed by atoms with Crippen LogP contribution >= 0.6 is 0 Å². The van der Waals surface area contributed by atoms with Crippen molar-refractivity contribution in [1.82, 2.24) is 15.2 Å². The molecule has 106 valence electrons. The van der Waals surface area contributed by atoms with Crippen LogP contribution in [0.15, 0.2) is 18.5 Å². The van der Waals surface area contributed by atoms with Crippen molar-refractivity contribution in [2.45, 2.75) is 20.3 Å². The highest BCUT2D eigenvalue weighted by Gasteiger charge is 2.53. The first-order chi connectivity index (χ1) is 9.53. The van der Waals surface area contributed by atoms with E-state index in [1.807, 2.05) is 13.0 Å². The van der Waals surface area contributed by atoms with Gasteiger partial charge in [0, 0.05) is 32.0 Å². The van der Waals surface area contributed by atoms with E-state index >= 15 is 0 Å². The van der Waals surface area contributed by atoms with Gasteiger partial charge in [0.25, 0.3) is 5.91 Å². The normalized spacial score (nSPS) is 29.0. The van der Waals surface area contributed by atoms with Crippen molar-refractivity contribution < 1.29 is 9.59 Å². The molecule has 2 aliphatic heterocycles. The minimum Gasteiger partial charge on any atom is -0.356 e. The second kappa shape index (κ2) is 4.58. The zero-order chi connectivity index (χ0) is 14.3. The Morgan fingerprint density at radius 2 is 2.30 bits per heavy atom. The summed E-state index contributed by atoms with van der Waals surface area (Å²) >= 11 is 0. The van der Waals surface area contributed by atoms with Gasteiger partial charge in [0.2, 0.25) is 5.91 Å². The Labute approximate surface area is 118 Å². The fraction of sp³-hybridized carbons (Fsp3) is 0.533. The molecular weight excluding hydrogens is 254 g/mol. The molecule has 2 amide bonds. The van der Waals surface area contributed by atoms with Gasteiger partial charge in [-0.2, -0.15) is 0 Å². The molecule has 0 saturated carbocycles. The van der Waals surface area contributed by atoms with Gasteiger partial charge in [-0.25, -0.2) is 0 Å². The molecule has 1 aromatic rings. The standard InChI is InChI=1S/C15H19N3O2/c1-10-5-12(7-16-6-10)13(19)18-8-11(2)15(9-18)3-4-17-14(15)20/h5-7,11H,3-4,8-9H2,1-2H3,(H,17,20)/t11-,15-/m1/s1. The lowest BCUT2D eigenvalue weighted by Gasteiger charge is -2.23. The summed E-state index contributed by atoms with van der Waals surface area (Å²) in [6.07, 6.45) is 4.15. The smallest absolute Gasteiger partial charge is 0.255 e. The topological polar surface area (TPSA) is 62.3 Å². The number of amides is 2. The molecule has 5 heteroatoms. The molecule has 1 aromatic heterocycles. The van der Waals surface area contributed by atoms with Crippen LogP contribution in [0.2, 0.25) is 0 Å². The second-order valence-electron chi connectivity index (χ2n) is 6.00. The van der Waals surface area contributed by atoms with E-state index in [4.69, 9.17) is 0 Å². The van der Waals surface area contributed by atoms with Gasteiger partial charge in [-0.15, -0.1) is 0 Å². The lowest BCUT2D eigenvalue weighted by molar-refractivity contribution is -0.128. The third-order valence-corrected chi connectivity index (χ3v) is 4.63. The summed E-state index contributed by atoms with van der Waals surface area (Å²) in [6, 6.07) is 1.85. The van der Waals surface area contributed by atoms with Crippen LogP contribution in [-0.4, -0.2) is 41.3 Å². The van der Waals surface area contributed by atoms with Crippen LogP contribution in [-0.2, 0) is 4.79 Å². The van der Waals surface area contributed by atoms with Gasteiger partial charge in [-0.05, 0) is 30.9 Å². The maximum atomic E-state index is 12.5. The molecular formula is C15H19N3O2. The molecule has 2 aliphatic rings. The highest BCUT2D eigenvalue weighted by molar-refractivity contribution is 5.95. The van der Waals surface area contributed by atoms with Crippen molar-refractivity contribution in [3.8, 4) is 0 Å². The molecule has 3 heterocycles. The van der Waals surface area contributed by atoms with Gasteiger partial charge < -0.3 is 10.2 Å². The summed E-state index contributed by atoms with van der Waals surface area (Å²) in [6.45, 7) is 5.86. The molecule has 20 heavy (non-hydrogen) atoms. The lowest BCUT2D eigenvalue weighted by Crippen LogP contribution is -2.38. The van der Waals surface area contributed by atoms with Gasteiger partial charge in [-0.1, -0.05) is 6.92 Å². The number of likely N-dealkylation sites (tertiary alicyclic amines) is 1. The van der Waals surface area contributed by atoms with E-state index in [1.54, 1.807) is 17.3 Å². The van der Waals surface area contributed by atoms with Crippen molar-refractivity contribution in [3.05, 3.63) is 29.6 Å². The van der Waals surface area contributed by atoms with Crippen LogP contribution in [0.1, 0.15) is 29.3 Å². The molecule has 0 aromatic carbocycles. The van der Waals surface area contributed by atoms with Gasteiger partial charge in [0.1, 0.15) is 0 Å². The van der Waals surface area contributed by atoms with Crippen molar-refractivity contribution in [3.63, 3.8) is 0 Å². The third kappa shape index (κ3) is 1.88. The predicted octanol–water partition coefficient (Wildman–Crippen LogP) is 0.988. The van der Waals surface area contributed by atoms with Crippen LogP contribution in [0.5, 0.6) is 0 Å². The molecule has 3 rings (SSSR count). The highest BCUT2D eigenvalue weighted by atomic mass is 16.2. The van der Waals surface area contributed by atoms with E-state index < -0.39 is 0 Å². The third-order valence-electron chi connectivity index (χ3n) is 4.63. The van der Waals surface area contributed by atoms with E-state index in [-0.39, 0.29) is 23.1 Å². The van der Waals surface area contributed by atoms with E-state index in [0.717, 1.165) is 18.5 Å². The fourth-order valence-electron chi connectivity index (χ4n) is 3.39. The summed E-state index contributed by atoms with van der Waals surface area (Å²) in [5, 5.41) is 2.90. The Bertz CT molecular complexity index is 572. The first-order valence-electron chi connectivity index (χ1n) is 7.02. The second-order valence-corrected chi connectivity index (χ2v) is 6.00. The first kappa shape index (κ1) is 13.1. The zero-order valence-electron chi connectivity index (χ0n) is 11.8. The largest absolute Gasteiger partial charge is 0.356 e. The maximum absolute atomic E-state index is 12.5. The maximum Gasteiger partial charge on any atom is 0.255 e. The van der Waals surface area contributed by atoms with Crippen LogP contribution < -0.4 is 5.32 Å². The first-order valence-corrected chi connectivity index (χ1v) is 7.02. The van der Waals surface area contributed by atoms with Crippen LogP contribution in [0.25, 0.3) is 0 Å². The number of nitrogens with one attached hydrogen (secondary N) is 1. The van der Waals surface area contributed by atoms with Crippen molar-refractivity contribution >= 4 is 11.8 Å². The van der Waals surface area contributed by atoms with Gasteiger partial charge in [0.05, 0.1) is 11.0 Å². The number of pyridine rings is 1. The number of rotatable bonds is 1. The van der Waals surface area contributed by atoms with Crippen LogP contribution in [0.4, 0.5) is 0 Å². The quantitative estimate of drug-likeness (QED) is 0.830. The molecule has 2 fully saturated rings. The van der Waals surface area contributed by atoms with E-state index in [2.05, 4.69) is 17.2 Å². The number of nitrogens with zero attached hydrogens (tertiary/aromatic N) is 2. The van der Waals surface area contributed by atoms with Gasteiger partial charge >= 0.3 is 0 Å². The Balaban J connectivity index is 1.83. The highest BCUT2D eigenvalue weighted by Crippen LogP contribution is 2.42. The number of carbonyl (C=O) groups is 2. The summed E-state index contributed by atoms with van der Waals surface area (Å²) in [5.74, 6) is 0.277. The Morgan fingerprint density at radius 3 is 2.95 bits per heavy atom. The predicted molar refractivity (Wildman–Crippen MR) is 74.1 cm³/mol. The Kier molecular flexibility index (Phi) is 3.00. The number of aryl methyl sites for hydroxylation is 1. The summed E-state index contributed by atoms with van der Waals surface area (Å²) in [7, 11) is 0. The molecule has 0 bridgehead atoms. The number of aromatic nitrogens is 1. The van der Waals surface area contributed by atoms with E-state index in [9.17, 15) is 9.59 Å². The molecule has 0 unspecified atom stereocenters. The average Bonchev–Trinajstić information content (AvgIpc) is 2.95. The lowest BCUT2D eigenvalue weighted by atomic mass is 9.78. The molecule has 0 radical (unpaired) electrons. The van der Waals surface area contributed by atoms with Gasteiger partial charge in [-0.3, -0.25) is 14.6 Å². The SMILES string of the molecule is Cc1cncc(C(=O)N2C[C@@H](C)[C@@]3(CCNC3=O)C2)c1. The summed E-state index contributed by atoms with van der Waals surface area (Å²) in [5.41, 5.74) is 1.19. The summed E-state index contributed by atoms with van der Waals surface area (Å²) in [4.78, 5) is 30.5. The van der Waals surface area contributed by atoms with E-state index in [1.165, 1.54) is 0 Å². The Hall–Kier alpha value is -1.91. The minimum absolute atomic E-state index is 0.0235. The summed E-state index contributed by atoms with van der Waals surface area (Å²) < 4.78 is 0. The molecule has 5 nitrogen and oxygen atoms in total. The van der Waals surface area contributed by atoms with Crippen molar-refractivity contribution in [2.24, 2.45) is 11.3 Å². The van der Waals surface area contributed by atoms with E-state index in [0.29, 0.717) is 18.7 Å². The van der Waals surface area contributed by atoms with Crippen LogP contribution in [0.3, 0.4) is 0 Å². The molecule has 1 N–H and O–H groups in total. The van der Waals surface area contributed by atoms with Crippen LogP contribution in [0, 0.1) is 18.3 Å². The fourth-order valence-corrected chi connectivity index (χ4v) is 3.39. The van der Waals surface area contributed by atoms with Crippen molar-refractivity contribution in [2.75, 3.05) is 19.6 Å². The monoisotopic (exact) mass is 273 g/mol. The van der Waals surface area contributed by atoms with Gasteiger partial charge in [0.15, 0.2) is 0 Å². The zero-order valence-corrected chi connectivity index (χ0v) is 11.8.